The first-order chi connectivity index (χ1) is 10.2. The van der Waals surface area contributed by atoms with Crippen molar-refractivity contribution < 1.29 is 9.53 Å². The van der Waals surface area contributed by atoms with Gasteiger partial charge in [-0.15, -0.1) is 0 Å². The number of carbonyl (C=O) groups excluding carboxylic acids is 1. The Labute approximate surface area is 122 Å². The van der Waals surface area contributed by atoms with Crippen LogP contribution >= 0.6 is 0 Å². The number of amides is 1. The lowest BCUT2D eigenvalue weighted by Gasteiger charge is -2.09. The smallest absolute Gasteiger partial charge is 0.227 e. The fraction of sp³-hybridized carbons (Fsp3) is 0.357. The second kappa shape index (κ2) is 7.28. The van der Waals surface area contributed by atoms with E-state index in [4.69, 9.17) is 10.5 Å². The second-order valence-corrected chi connectivity index (χ2v) is 4.60. The number of hydrogen-bond donors (Lipinski definition) is 3. The molecule has 112 valence electrons. The number of nitrogens with zero attached hydrogens (tertiary/aromatic N) is 2. The molecule has 7 heteroatoms. The molecule has 0 aliphatic carbocycles. The van der Waals surface area contributed by atoms with Crippen molar-refractivity contribution in [3.05, 3.63) is 30.1 Å². The summed E-state index contributed by atoms with van der Waals surface area (Å²) in [4.78, 5) is 15.6. The molecule has 0 spiro atoms. The minimum atomic E-state index is -0.128. The van der Waals surface area contributed by atoms with Crippen LogP contribution in [-0.2, 0) is 11.2 Å². The molecule has 0 saturated carbocycles. The summed E-state index contributed by atoms with van der Waals surface area (Å²) in [7, 11) is 0. The minimum absolute atomic E-state index is 0.128. The van der Waals surface area contributed by atoms with Gasteiger partial charge in [0.1, 0.15) is 12.1 Å². The Hall–Kier alpha value is -2.57. The van der Waals surface area contributed by atoms with Crippen molar-refractivity contribution >= 4 is 17.5 Å². The third kappa shape index (κ3) is 4.48. The Morgan fingerprint density at radius 3 is 3.00 bits per heavy atom. The van der Waals surface area contributed by atoms with Gasteiger partial charge in [-0.2, -0.15) is 10.1 Å². The van der Waals surface area contributed by atoms with Crippen LogP contribution in [-0.4, -0.2) is 27.7 Å². The molecule has 0 unspecified atom stereocenters. The molecular formula is C14H19N5O2. The Balaban J connectivity index is 1.85. The number of nitrogen functional groups attached to an aromatic ring is 1. The highest BCUT2D eigenvalue weighted by molar-refractivity contribution is 5.88. The zero-order valence-electron chi connectivity index (χ0n) is 11.9. The number of hydrogen-bond acceptors (Lipinski definition) is 5. The van der Waals surface area contributed by atoms with Gasteiger partial charge in [0.25, 0.3) is 0 Å². The highest BCUT2D eigenvalue weighted by Gasteiger charge is 2.07. The molecule has 7 nitrogen and oxygen atoms in total. The van der Waals surface area contributed by atoms with E-state index in [-0.39, 0.29) is 5.91 Å². The molecule has 0 bridgehead atoms. The van der Waals surface area contributed by atoms with E-state index in [0.29, 0.717) is 36.8 Å². The highest BCUT2D eigenvalue weighted by Crippen LogP contribution is 2.23. The maximum absolute atomic E-state index is 11.7. The average molecular weight is 289 g/mol. The molecule has 0 aliphatic rings. The van der Waals surface area contributed by atoms with Crippen LogP contribution in [0.4, 0.5) is 11.6 Å². The zero-order valence-corrected chi connectivity index (χ0v) is 11.9. The van der Waals surface area contributed by atoms with Crippen molar-refractivity contribution in [1.82, 2.24) is 15.2 Å². The number of carbonyl (C=O) groups is 1. The molecule has 1 aromatic carbocycles. The molecule has 2 aromatic rings. The number of nitrogens with two attached hydrogens (primary N) is 1. The minimum Gasteiger partial charge on any atom is -0.491 e. The van der Waals surface area contributed by atoms with E-state index in [0.717, 1.165) is 12.0 Å². The quantitative estimate of drug-likeness (QED) is 0.673. The molecule has 4 N–H and O–H groups in total. The van der Waals surface area contributed by atoms with Gasteiger partial charge in [0.2, 0.25) is 11.9 Å². The van der Waals surface area contributed by atoms with E-state index < -0.39 is 0 Å². The normalized spacial score (nSPS) is 10.3. The van der Waals surface area contributed by atoms with Gasteiger partial charge in [-0.25, -0.2) is 5.10 Å². The molecule has 0 radical (unpaired) electrons. The van der Waals surface area contributed by atoms with Gasteiger partial charge in [0.05, 0.1) is 12.3 Å². The van der Waals surface area contributed by atoms with Gasteiger partial charge in [-0.3, -0.25) is 10.1 Å². The fourth-order valence-corrected chi connectivity index (χ4v) is 1.82. The van der Waals surface area contributed by atoms with Crippen LogP contribution in [0.15, 0.2) is 24.5 Å². The number of aromatic amines is 1. The third-order valence-electron chi connectivity index (χ3n) is 2.85. The van der Waals surface area contributed by atoms with E-state index >= 15 is 0 Å². The van der Waals surface area contributed by atoms with Crippen LogP contribution in [0.2, 0.25) is 0 Å². The summed E-state index contributed by atoms with van der Waals surface area (Å²) >= 11 is 0. The van der Waals surface area contributed by atoms with Gasteiger partial charge in [-0.1, -0.05) is 13.0 Å². The summed E-state index contributed by atoms with van der Waals surface area (Å²) in [5.41, 5.74) is 7.51. The lowest BCUT2D eigenvalue weighted by molar-refractivity contribution is -0.116. The first kappa shape index (κ1) is 14.8. The van der Waals surface area contributed by atoms with Gasteiger partial charge in [0.15, 0.2) is 0 Å². The van der Waals surface area contributed by atoms with Crippen molar-refractivity contribution in [2.45, 2.75) is 26.2 Å². The topological polar surface area (TPSA) is 106 Å². The maximum Gasteiger partial charge on any atom is 0.227 e. The number of aryl methyl sites for hydroxylation is 1. The summed E-state index contributed by atoms with van der Waals surface area (Å²) < 4.78 is 5.51. The van der Waals surface area contributed by atoms with Crippen molar-refractivity contribution in [2.24, 2.45) is 0 Å². The number of rotatable bonds is 7. The highest BCUT2D eigenvalue weighted by atomic mass is 16.5. The first-order valence-corrected chi connectivity index (χ1v) is 6.85. The SMILES string of the molecule is CCCOc1ccc(CCC(=O)Nc2ncn[nH]2)cc1N. The van der Waals surface area contributed by atoms with Crippen LogP contribution < -0.4 is 15.8 Å². The van der Waals surface area contributed by atoms with Crippen LogP contribution in [0.25, 0.3) is 0 Å². The molecule has 1 aromatic heterocycles. The average Bonchev–Trinajstić information content (AvgIpc) is 2.97. The third-order valence-corrected chi connectivity index (χ3v) is 2.85. The van der Waals surface area contributed by atoms with Crippen LogP contribution in [0.5, 0.6) is 5.75 Å². The summed E-state index contributed by atoms with van der Waals surface area (Å²) in [5, 5.41) is 8.85. The predicted octanol–water partition coefficient (Wildman–Crippen LogP) is 1.75. The molecule has 0 saturated heterocycles. The molecule has 0 aliphatic heterocycles. The largest absolute Gasteiger partial charge is 0.491 e. The summed E-state index contributed by atoms with van der Waals surface area (Å²) in [6, 6.07) is 5.60. The summed E-state index contributed by atoms with van der Waals surface area (Å²) in [5.74, 6) is 0.908. The van der Waals surface area contributed by atoms with Gasteiger partial charge >= 0.3 is 0 Å². The van der Waals surface area contributed by atoms with Gasteiger partial charge in [-0.05, 0) is 30.5 Å². The number of ether oxygens (including phenoxy) is 1. The van der Waals surface area contributed by atoms with E-state index in [1.807, 2.05) is 25.1 Å². The first-order valence-electron chi connectivity index (χ1n) is 6.85. The molecule has 2 rings (SSSR count). The van der Waals surface area contributed by atoms with Crippen LogP contribution in [0.1, 0.15) is 25.3 Å². The fourth-order valence-electron chi connectivity index (χ4n) is 1.82. The number of aromatic nitrogens is 3. The molecule has 1 amide bonds. The van der Waals surface area contributed by atoms with Crippen LogP contribution in [0, 0.1) is 0 Å². The molecule has 0 atom stereocenters. The number of benzene rings is 1. The van der Waals surface area contributed by atoms with Crippen molar-refractivity contribution in [3.63, 3.8) is 0 Å². The monoisotopic (exact) mass is 289 g/mol. The summed E-state index contributed by atoms with van der Waals surface area (Å²) in [6.45, 7) is 2.68. The van der Waals surface area contributed by atoms with Crippen molar-refractivity contribution in [3.8, 4) is 5.75 Å². The second-order valence-electron chi connectivity index (χ2n) is 4.60. The zero-order chi connectivity index (χ0) is 15.1. The Kier molecular flexibility index (Phi) is 5.14. The van der Waals surface area contributed by atoms with Crippen LogP contribution in [0.3, 0.4) is 0 Å². The Bertz CT molecular complexity index is 583. The van der Waals surface area contributed by atoms with Gasteiger partial charge in [0, 0.05) is 6.42 Å². The lowest BCUT2D eigenvalue weighted by Crippen LogP contribution is -2.13. The number of anilines is 2. The van der Waals surface area contributed by atoms with Crippen molar-refractivity contribution in [1.29, 1.82) is 0 Å². The molecular weight excluding hydrogens is 270 g/mol. The van der Waals surface area contributed by atoms with Crippen molar-refractivity contribution in [2.75, 3.05) is 17.7 Å². The number of H-pyrrole nitrogens is 1. The summed E-state index contributed by atoms with van der Waals surface area (Å²) in [6.07, 6.45) is 3.21. The molecule has 0 fully saturated rings. The van der Waals surface area contributed by atoms with E-state index in [1.54, 1.807) is 0 Å². The predicted molar refractivity (Wildman–Crippen MR) is 80.0 cm³/mol. The van der Waals surface area contributed by atoms with E-state index in [2.05, 4.69) is 20.5 Å². The van der Waals surface area contributed by atoms with Gasteiger partial charge < -0.3 is 10.5 Å². The Morgan fingerprint density at radius 1 is 1.48 bits per heavy atom. The maximum atomic E-state index is 11.7. The standard InChI is InChI=1S/C14H19N5O2/c1-2-7-21-12-5-3-10(8-11(12)15)4-6-13(20)18-14-16-9-17-19-14/h3,5,8-9H,2,4,6-7,15H2,1H3,(H2,16,17,18,19,20). The number of nitrogens with one attached hydrogen (secondary N) is 2. The molecule has 1 heterocycles. The molecule has 21 heavy (non-hydrogen) atoms. The lowest BCUT2D eigenvalue weighted by atomic mass is 10.1. The Morgan fingerprint density at radius 2 is 2.33 bits per heavy atom. The van der Waals surface area contributed by atoms with E-state index in [9.17, 15) is 4.79 Å². The van der Waals surface area contributed by atoms with E-state index in [1.165, 1.54) is 6.33 Å².